The standard InChI is InChI=1S/C21H18Cl2N2O3/c1-27-17-6-4-15(5-7-17)12-25-10-2-3-16(13-25)24-21(26)14-28-18-8-9-19(22)20(23)11-18/h2-11,13H,12,14H2,1H3/p+1. The third-order valence-electron chi connectivity index (χ3n) is 3.93. The van der Waals surface area contributed by atoms with Gasteiger partial charge in [-0.2, -0.15) is 4.57 Å². The number of aromatic nitrogens is 1. The van der Waals surface area contributed by atoms with Crippen molar-refractivity contribution in [1.29, 1.82) is 0 Å². The van der Waals surface area contributed by atoms with Crippen molar-refractivity contribution >= 4 is 34.8 Å². The highest BCUT2D eigenvalue weighted by Crippen LogP contribution is 2.26. The Morgan fingerprint density at radius 2 is 1.79 bits per heavy atom. The normalized spacial score (nSPS) is 10.4. The van der Waals surface area contributed by atoms with Crippen LogP contribution in [0.4, 0.5) is 5.69 Å². The van der Waals surface area contributed by atoms with Crippen LogP contribution in [0, 0.1) is 0 Å². The largest absolute Gasteiger partial charge is 0.497 e. The molecule has 0 atom stereocenters. The van der Waals surface area contributed by atoms with Gasteiger partial charge in [-0.05, 0) is 42.5 Å². The number of nitrogens with zero attached hydrogens (tertiary/aromatic N) is 1. The highest BCUT2D eigenvalue weighted by atomic mass is 35.5. The van der Waals surface area contributed by atoms with Crippen molar-refractivity contribution in [1.82, 2.24) is 0 Å². The summed E-state index contributed by atoms with van der Waals surface area (Å²) >= 11 is 11.8. The fourth-order valence-corrected chi connectivity index (χ4v) is 2.84. The van der Waals surface area contributed by atoms with Crippen LogP contribution < -0.4 is 19.4 Å². The van der Waals surface area contributed by atoms with E-state index in [4.69, 9.17) is 32.7 Å². The maximum absolute atomic E-state index is 12.2. The minimum Gasteiger partial charge on any atom is -0.497 e. The molecule has 3 rings (SSSR count). The molecule has 0 fully saturated rings. The monoisotopic (exact) mass is 417 g/mol. The SMILES string of the molecule is COc1ccc(C[n+]2cccc(NC(=O)COc3ccc(Cl)c(Cl)c3)c2)cc1. The molecule has 0 unspecified atom stereocenters. The first kappa shape index (κ1) is 20.0. The van der Waals surface area contributed by atoms with Crippen molar-refractivity contribution in [2.75, 3.05) is 19.0 Å². The number of hydrogen-bond acceptors (Lipinski definition) is 3. The van der Waals surface area contributed by atoms with Crippen LogP contribution in [0.15, 0.2) is 67.0 Å². The average Bonchev–Trinajstić information content (AvgIpc) is 2.70. The van der Waals surface area contributed by atoms with Crippen LogP contribution in [0.3, 0.4) is 0 Å². The number of carbonyl (C=O) groups excluding carboxylic acids is 1. The zero-order valence-electron chi connectivity index (χ0n) is 15.2. The fraction of sp³-hybridized carbons (Fsp3) is 0.143. The third kappa shape index (κ3) is 5.62. The van der Waals surface area contributed by atoms with E-state index in [2.05, 4.69) is 5.32 Å². The molecule has 1 N–H and O–H groups in total. The van der Waals surface area contributed by atoms with Crippen LogP contribution in [-0.2, 0) is 11.3 Å². The number of hydrogen-bond donors (Lipinski definition) is 1. The number of amides is 1. The molecule has 1 amide bonds. The summed E-state index contributed by atoms with van der Waals surface area (Å²) in [7, 11) is 1.64. The molecule has 0 aliphatic rings. The molecule has 28 heavy (non-hydrogen) atoms. The van der Waals surface area contributed by atoms with Crippen molar-refractivity contribution in [3.8, 4) is 11.5 Å². The van der Waals surface area contributed by atoms with Gasteiger partial charge < -0.3 is 14.8 Å². The lowest BCUT2D eigenvalue weighted by molar-refractivity contribution is -0.687. The first-order chi connectivity index (χ1) is 13.5. The van der Waals surface area contributed by atoms with Crippen LogP contribution in [0.5, 0.6) is 11.5 Å². The van der Waals surface area contributed by atoms with Gasteiger partial charge in [-0.3, -0.25) is 4.79 Å². The van der Waals surface area contributed by atoms with Crippen LogP contribution in [-0.4, -0.2) is 19.6 Å². The highest BCUT2D eigenvalue weighted by molar-refractivity contribution is 6.42. The molecule has 2 aromatic carbocycles. The van der Waals surface area contributed by atoms with Crippen LogP contribution in [0.25, 0.3) is 0 Å². The molecule has 0 aliphatic heterocycles. The Labute approximate surface area is 173 Å². The van der Waals surface area contributed by atoms with Crippen molar-refractivity contribution in [2.45, 2.75) is 6.54 Å². The predicted molar refractivity (Wildman–Crippen MR) is 109 cm³/mol. The Bertz CT molecular complexity index is 962. The number of nitrogens with one attached hydrogen (secondary N) is 1. The Balaban J connectivity index is 1.57. The van der Waals surface area contributed by atoms with Crippen LogP contribution in [0.1, 0.15) is 5.56 Å². The molecule has 0 saturated carbocycles. The lowest BCUT2D eigenvalue weighted by Gasteiger charge is -2.08. The zero-order valence-corrected chi connectivity index (χ0v) is 16.7. The summed E-state index contributed by atoms with van der Waals surface area (Å²) in [6.45, 7) is 0.540. The van der Waals surface area contributed by atoms with Gasteiger partial charge in [-0.1, -0.05) is 23.2 Å². The quantitative estimate of drug-likeness (QED) is 0.581. The van der Waals surface area contributed by atoms with E-state index in [1.54, 1.807) is 25.3 Å². The first-order valence-corrected chi connectivity index (χ1v) is 9.29. The van der Waals surface area contributed by atoms with E-state index in [-0.39, 0.29) is 12.5 Å². The van der Waals surface area contributed by atoms with E-state index >= 15 is 0 Å². The van der Waals surface area contributed by atoms with Crippen molar-refractivity contribution in [2.24, 2.45) is 0 Å². The maximum Gasteiger partial charge on any atom is 0.262 e. The number of rotatable bonds is 7. The van der Waals surface area contributed by atoms with Crippen LogP contribution in [0.2, 0.25) is 10.0 Å². The van der Waals surface area contributed by atoms with Crippen molar-refractivity contribution in [3.05, 3.63) is 82.6 Å². The Morgan fingerprint density at radius 3 is 2.50 bits per heavy atom. The number of anilines is 1. The van der Waals surface area contributed by atoms with Gasteiger partial charge in [0.15, 0.2) is 25.5 Å². The number of pyridine rings is 1. The third-order valence-corrected chi connectivity index (χ3v) is 4.67. The summed E-state index contributed by atoms with van der Waals surface area (Å²) in [5.74, 6) is 1.03. The number of carbonyl (C=O) groups is 1. The van der Waals surface area contributed by atoms with Gasteiger partial charge in [0.1, 0.15) is 17.2 Å². The molecule has 0 spiro atoms. The van der Waals surface area contributed by atoms with E-state index in [0.717, 1.165) is 11.3 Å². The second-order valence-electron chi connectivity index (χ2n) is 6.03. The minimum atomic E-state index is -0.270. The fourth-order valence-electron chi connectivity index (χ4n) is 2.55. The van der Waals surface area contributed by atoms with E-state index in [9.17, 15) is 4.79 Å². The highest BCUT2D eigenvalue weighted by Gasteiger charge is 2.09. The molecule has 0 radical (unpaired) electrons. The molecule has 0 aliphatic carbocycles. The summed E-state index contributed by atoms with van der Waals surface area (Å²) in [4.78, 5) is 12.2. The molecule has 7 heteroatoms. The number of halogens is 2. The predicted octanol–water partition coefficient (Wildman–Crippen LogP) is 4.36. The average molecular weight is 418 g/mol. The smallest absolute Gasteiger partial charge is 0.262 e. The van der Waals surface area contributed by atoms with Crippen molar-refractivity contribution < 1.29 is 18.8 Å². The van der Waals surface area contributed by atoms with Crippen LogP contribution >= 0.6 is 23.2 Å². The minimum absolute atomic E-state index is 0.134. The Hall–Kier alpha value is -2.76. The summed E-state index contributed by atoms with van der Waals surface area (Å²) in [5.41, 5.74) is 1.80. The molecule has 0 saturated heterocycles. The molecular weight excluding hydrogens is 399 g/mol. The number of methoxy groups -OCH3 is 1. The molecule has 144 valence electrons. The van der Waals surface area contributed by atoms with Gasteiger partial charge in [-0.25, -0.2) is 0 Å². The number of benzene rings is 2. The molecule has 5 nitrogen and oxygen atoms in total. The van der Waals surface area contributed by atoms with Gasteiger partial charge in [-0.15, -0.1) is 0 Å². The summed E-state index contributed by atoms with van der Waals surface area (Å²) in [5, 5.41) is 3.63. The first-order valence-electron chi connectivity index (χ1n) is 8.53. The lowest BCUT2D eigenvalue weighted by atomic mass is 10.2. The zero-order chi connectivity index (χ0) is 19.9. The molecule has 3 aromatic rings. The molecule has 1 aromatic heterocycles. The van der Waals surface area contributed by atoms with Gasteiger partial charge in [0.25, 0.3) is 5.91 Å². The topological polar surface area (TPSA) is 51.4 Å². The summed E-state index contributed by atoms with van der Waals surface area (Å²) < 4.78 is 12.6. The van der Waals surface area contributed by atoms with E-state index in [0.29, 0.717) is 28.0 Å². The van der Waals surface area contributed by atoms with Gasteiger partial charge in [0.05, 0.1) is 17.2 Å². The van der Waals surface area contributed by atoms with Gasteiger partial charge in [0, 0.05) is 17.7 Å². The van der Waals surface area contributed by atoms with E-state index < -0.39 is 0 Å². The Morgan fingerprint density at radius 1 is 1.04 bits per heavy atom. The lowest BCUT2D eigenvalue weighted by Crippen LogP contribution is -2.34. The molecule has 0 bridgehead atoms. The summed E-state index contributed by atoms with van der Waals surface area (Å²) in [6, 6.07) is 16.4. The summed E-state index contributed by atoms with van der Waals surface area (Å²) in [6.07, 6.45) is 3.80. The number of ether oxygens (including phenoxy) is 2. The Kier molecular flexibility index (Phi) is 6.74. The maximum atomic E-state index is 12.2. The van der Waals surface area contributed by atoms with Gasteiger partial charge >= 0.3 is 0 Å². The molecule has 1 heterocycles. The second-order valence-corrected chi connectivity index (χ2v) is 6.84. The van der Waals surface area contributed by atoms with Crippen molar-refractivity contribution in [3.63, 3.8) is 0 Å². The van der Waals surface area contributed by atoms with Gasteiger partial charge in [0.2, 0.25) is 0 Å². The second kappa shape index (κ2) is 9.44. The molecular formula is C21H19Cl2N2O3+. The van der Waals surface area contributed by atoms with E-state index in [1.807, 2.05) is 53.4 Å². The van der Waals surface area contributed by atoms with E-state index in [1.165, 1.54) is 0 Å².